The van der Waals surface area contributed by atoms with Gasteiger partial charge in [0.25, 0.3) is 5.92 Å². The highest BCUT2D eigenvalue weighted by Gasteiger charge is 2.42. The molecular weight excluding hydrogens is 401 g/mol. The lowest BCUT2D eigenvalue weighted by Gasteiger charge is -2.37. The highest BCUT2D eigenvalue weighted by molar-refractivity contribution is 9.10. The quantitative estimate of drug-likeness (QED) is 0.382. The summed E-state index contributed by atoms with van der Waals surface area (Å²) >= 11 is 14.8. The average molecular weight is 420 g/mol. The Morgan fingerprint density at radius 3 is 2.10 bits per heavy atom. The van der Waals surface area contributed by atoms with Crippen LogP contribution >= 0.6 is 39.1 Å². The fourth-order valence-corrected chi connectivity index (χ4v) is 3.44. The molecular formula is C14H19BrCl2F2OSi. The zero-order valence-corrected chi connectivity index (χ0v) is 16.8. The summed E-state index contributed by atoms with van der Waals surface area (Å²) in [6, 6.07) is 2.56. The van der Waals surface area contributed by atoms with Crippen LogP contribution in [0.2, 0.25) is 28.2 Å². The van der Waals surface area contributed by atoms with Crippen LogP contribution in [0.1, 0.15) is 26.3 Å². The number of alkyl halides is 2. The molecule has 0 spiro atoms. The van der Waals surface area contributed by atoms with Gasteiger partial charge in [0.1, 0.15) is 6.61 Å². The SMILES string of the molecule is CC(C)(C)[Si](C)(C)OCC(F)(F)c1cc(Cl)c(Cl)cc1Br. The molecule has 21 heavy (non-hydrogen) atoms. The van der Waals surface area contributed by atoms with Crippen LogP contribution in [-0.4, -0.2) is 14.9 Å². The number of rotatable bonds is 4. The lowest BCUT2D eigenvalue weighted by molar-refractivity contribution is -0.0514. The molecule has 0 N–H and O–H groups in total. The van der Waals surface area contributed by atoms with Crippen LogP contribution in [0.15, 0.2) is 16.6 Å². The predicted molar refractivity (Wildman–Crippen MR) is 91.2 cm³/mol. The van der Waals surface area contributed by atoms with Gasteiger partial charge in [0.05, 0.1) is 10.0 Å². The summed E-state index contributed by atoms with van der Waals surface area (Å²) in [6.45, 7) is 9.23. The van der Waals surface area contributed by atoms with Crippen molar-refractivity contribution < 1.29 is 13.2 Å². The van der Waals surface area contributed by atoms with Crippen molar-refractivity contribution in [1.82, 2.24) is 0 Å². The van der Waals surface area contributed by atoms with E-state index >= 15 is 0 Å². The first-order valence-corrected chi connectivity index (χ1v) is 10.9. The molecule has 0 saturated heterocycles. The van der Waals surface area contributed by atoms with Gasteiger partial charge in [-0.2, -0.15) is 8.78 Å². The van der Waals surface area contributed by atoms with Crippen molar-refractivity contribution in [3.8, 4) is 0 Å². The Bertz CT molecular complexity index is 530. The second-order valence-electron chi connectivity index (χ2n) is 6.50. The van der Waals surface area contributed by atoms with Crippen LogP contribution in [-0.2, 0) is 10.3 Å². The van der Waals surface area contributed by atoms with Crippen LogP contribution in [0.4, 0.5) is 8.78 Å². The molecule has 0 saturated carbocycles. The Kier molecular flexibility index (Phi) is 5.94. The van der Waals surface area contributed by atoms with E-state index in [1.54, 1.807) is 0 Å². The molecule has 0 aliphatic rings. The van der Waals surface area contributed by atoms with Gasteiger partial charge in [-0.25, -0.2) is 0 Å². The van der Waals surface area contributed by atoms with E-state index in [0.29, 0.717) is 0 Å². The molecule has 0 atom stereocenters. The third-order valence-electron chi connectivity index (χ3n) is 3.82. The van der Waals surface area contributed by atoms with Crippen molar-refractivity contribution >= 4 is 47.4 Å². The van der Waals surface area contributed by atoms with E-state index in [4.69, 9.17) is 27.6 Å². The van der Waals surface area contributed by atoms with Gasteiger partial charge in [0.2, 0.25) is 0 Å². The number of hydrogen-bond donors (Lipinski definition) is 0. The molecule has 1 aromatic carbocycles. The molecule has 7 heteroatoms. The predicted octanol–water partition coefficient (Wildman–Crippen LogP) is 6.87. The minimum Gasteiger partial charge on any atom is -0.410 e. The van der Waals surface area contributed by atoms with E-state index in [9.17, 15) is 8.78 Å². The lowest BCUT2D eigenvalue weighted by atomic mass is 10.1. The van der Waals surface area contributed by atoms with E-state index in [1.807, 2.05) is 33.9 Å². The van der Waals surface area contributed by atoms with Crippen LogP contribution < -0.4 is 0 Å². The molecule has 0 amide bonds. The van der Waals surface area contributed by atoms with Crippen molar-refractivity contribution in [2.75, 3.05) is 6.61 Å². The van der Waals surface area contributed by atoms with E-state index in [1.165, 1.54) is 12.1 Å². The maximum absolute atomic E-state index is 14.4. The zero-order valence-electron chi connectivity index (χ0n) is 12.7. The van der Waals surface area contributed by atoms with Gasteiger partial charge in [-0.15, -0.1) is 0 Å². The average Bonchev–Trinajstić information content (AvgIpc) is 2.30. The second-order valence-corrected chi connectivity index (χ2v) is 13.0. The molecule has 0 aliphatic carbocycles. The molecule has 0 aliphatic heterocycles. The maximum atomic E-state index is 14.4. The Morgan fingerprint density at radius 1 is 1.14 bits per heavy atom. The van der Waals surface area contributed by atoms with Crippen LogP contribution in [0.25, 0.3) is 0 Å². The topological polar surface area (TPSA) is 9.23 Å². The molecule has 1 rings (SSSR count). The molecule has 0 unspecified atom stereocenters. The summed E-state index contributed by atoms with van der Waals surface area (Å²) in [5.41, 5.74) is -0.212. The van der Waals surface area contributed by atoms with Gasteiger partial charge in [-0.1, -0.05) is 59.9 Å². The Morgan fingerprint density at radius 2 is 1.62 bits per heavy atom. The number of halogens is 5. The number of hydrogen-bond acceptors (Lipinski definition) is 1. The summed E-state index contributed by atoms with van der Waals surface area (Å²) in [7, 11) is -2.24. The summed E-state index contributed by atoms with van der Waals surface area (Å²) in [4.78, 5) is 0. The molecule has 1 nitrogen and oxygen atoms in total. The standard InChI is InChI=1S/C14H19BrCl2F2OSi/c1-13(2,3)21(4,5)20-8-14(18,19)9-6-11(16)12(17)7-10(9)15/h6-7H,8H2,1-5H3. The second kappa shape index (κ2) is 6.44. The van der Waals surface area contributed by atoms with Gasteiger partial charge in [-0.3, -0.25) is 0 Å². The van der Waals surface area contributed by atoms with Gasteiger partial charge >= 0.3 is 0 Å². The minimum atomic E-state index is -3.14. The van der Waals surface area contributed by atoms with E-state index < -0.39 is 20.8 Å². The van der Waals surface area contributed by atoms with Crippen molar-refractivity contribution in [1.29, 1.82) is 0 Å². The zero-order chi connectivity index (χ0) is 16.6. The molecule has 0 bridgehead atoms. The van der Waals surface area contributed by atoms with E-state index in [-0.39, 0.29) is 25.1 Å². The summed E-state index contributed by atoms with van der Waals surface area (Å²) < 4.78 is 34.7. The van der Waals surface area contributed by atoms with E-state index in [2.05, 4.69) is 15.9 Å². The van der Waals surface area contributed by atoms with Gasteiger partial charge in [0.15, 0.2) is 8.32 Å². The highest BCUT2D eigenvalue weighted by Crippen LogP contribution is 2.41. The van der Waals surface area contributed by atoms with Crippen molar-refractivity contribution in [3.63, 3.8) is 0 Å². The molecule has 0 fully saturated rings. The van der Waals surface area contributed by atoms with Gasteiger partial charge in [-0.05, 0) is 30.3 Å². The van der Waals surface area contributed by atoms with Crippen LogP contribution in [0, 0.1) is 0 Å². The first kappa shape index (κ1) is 19.4. The molecule has 120 valence electrons. The van der Waals surface area contributed by atoms with Crippen LogP contribution in [0.5, 0.6) is 0 Å². The highest BCUT2D eigenvalue weighted by atomic mass is 79.9. The third-order valence-corrected chi connectivity index (χ3v) is 9.68. The first-order chi connectivity index (χ1) is 9.28. The summed E-state index contributed by atoms with van der Waals surface area (Å²) in [5.74, 6) is -3.14. The molecule has 0 heterocycles. The lowest BCUT2D eigenvalue weighted by Crippen LogP contribution is -2.43. The Balaban J connectivity index is 3.00. The molecule has 0 aromatic heterocycles. The van der Waals surface area contributed by atoms with Crippen molar-refractivity contribution in [2.45, 2.75) is 44.8 Å². The molecule has 0 radical (unpaired) electrons. The smallest absolute Gasteiger partial charge is 0.295 e. The van der Waals surface area contributed by atoms with Crippen LogP contribution in [0.3, 0.4) is 0 Å². The first-order valence-electron chi connectivity index (χ1n) is 6.45. The Labute approximate surface area is 144 Å². The normalized spacial score (nSPS) is 13.6. The van der Waals surface area contributed by atoms with Gasteiger partial charge < -0.3 is 4.43 Å². The summed E-state index contributed by atoms with van der Waals surface area (Å²) in [6.07, 6.45) is 0. The minimum absolute atomic E-state index is 0.0990. The monoisotopic (exact) mass is 418 g/mol. The van der Waals surface area contributed by atoms with Crippen molar-refractivity contribution in [3.05, 3.63) is 32.2 Å². The van der Waals surface area contributed by atoms with E-state index in [0.717, 1.165) is 0 Å². The third kappa shape index (κ3) is 4.64. The Hall–Kier alpha value is 0.317. The molecule has 1 aromatic rings. The summed E-state index contributed by atoms with van der Waals surface area (Å²) in [5, 5.41) is 0.202. The number of benzene rings is 1. The maximum Gasteiger partial charge on any atom is 0.295 e. The van der Waals surface area contributed by atoms with Gasteiger partial charge in [0, 0.05) is 10.0 Å². The fraction of sp³-hybridized carbons (Fsp3) is 0.571. The largest absolute Gasteiger partial charge is 0.410 e. The fourth-order valence-electron chi connectivity index (χ4n) is 1.37. The van der Waals surface area contributed by atoms with Crippen molar-refractivity contribution in [2.24, 2.45) is 0 Å².